The van der Waals surface area contributed by atoms with Gasteiger partial charge in [0.25, 0.3) is 0 Å². The summed E-state index contributed by atoms with van der Waals surface area (Å²) in [5.41, 5.74) is 1.13. The van der Waals surface area contributed by atoms with Gasteiger partial charge in [-0.05, 0) is 24.1 Å². The molecular weight excluding hydrogens is 192 g/mol. The van der Waals surface area contributed by atoms with Crippen LogP contribution in [0.3, 0.4) is 0 Å². The third kappa shape index (κ3) is 3.54. The smallest absolute Gasteiger partial charge is 0.335 e. The third-order valence-corrected chi connectivity index (χ3v) is 2.13. The molecule has 0 spiro atoms. The van der Waals surface area contributed by atoms with Crippen molar-refractivity contribution in [3.05, 3.63) is 35.4 Å². The molecule has 80 valence electrons. The van der Waals surface area contributed by atoms with E-state index in [9.17, 15) is 9.59 Å². The Labute approximate surface area is 88.7 Å². The molecule has 0 saturated carbocycles. The molecule has 1 aromatic rings. The molecule has 0 aliphatic rings. The zero-order chi connectivity index (χ0) is 11.3. The Kier molecular flexibility index (Phi) is 4.03. The van der Waals surface area contributed by atoms with E-state index in [0.29, 0.717) is 12.8 Å². The minimum Gasteiger partial charge on any atom is -0.478 e. The summed E-state index contributed by atoms with van der Waals surface area (Å²) in [7, 11) is 0. The molecule has 0 amide bonds. The highest BCUT2D eigenvalue weighted by atomic mass is 16.4. The molecule has 0 atom stereocenters. The van der Waals surface area contributed by atoms with Crippen molar-refractivity contribution in [1.29, 1.82) is 0 Å². The fraction of sp³-hybridized carbons (Fsp3) is 0.333. The van der Waals surface area contributed by atoms with Crippen LogP contribution in [0, 0.1) is 0 Å². The molecule has 0 radical (unpaired) electrons. The first-order valence-corrected chi connectivity index (χ1v) is 4.97. The first-order chi connectivity index (χ1) is 7.13. The number of aromatic carboxylic acids is 1. The summed E-state index contributed by atoms with van der Waals surface area (Å²) in [6, 6.07) is 6.43. The van der Waals surface area contributed by atoms with E-state index in [2.05, 4.69) is 0 Å². The van der Waals surface area contributed by atoms with Crippen LogP contribution in [0.25, 0.3) is 0 Å². The molecule has 0 saturated heterocycles. The Morgan fingerprint density at radius 3 is 2.27 bits per heavy atom. The molecule has 0 aliphatic heterocycles. The number of ketones is 1. The second kappa shape index (κ2) is 5.29. The first-order valence-electron chi connectivity index (χ1n) is 4.97. The van der Waals surface area contributed by atoms with E-state index >= 15 is 0 Å². The summed E-state index contributed by atoms with van der Waals surface area (Å²) in [6.45, 7) is 1.96. The summed E-state index contributed by atoms with van der Waals surface area (Å²) < 4.78 is 0. The van der Waals surface area contributed by atoms with Crippen LogP contribution in [0.2, 0.25) is 0 Å². The Morgan fingerprint density at radius 1 is 1.20 bits per heavy atom. The van der Waals surface area contributed by atoms with E-state index in [1.54, 1.807) is 12.1 Å². The SMILES string of the molecule is CCCC(=O)Cc1ccc(C(=O)O)cc1. The summed E-state index contributed by atoms with van der Waals surface area (Å²) in [6.07, 6.45) is 1.83. The molecule has 0 unspecified atom stereocenters. The van der Waals surface area contributed by atoms with Gasteiger partial charge in [0.15, 0.2) is 0 Å². The van der Waals surface area contributed by atoms with Gasteiger partial charge in [-0.2, -0.15) is 0 Å². The number of rotatable bonds is 5. The molecule has 15 heavy (non-hydrogen) atoms. The lowest BCUT2D eigenvalue weighted by atomic mass is 10.0. The maximum atomic E-state index is 11.3. The fourth-order valence-corrected chi connectivity index (χ4v) is 1.36. The number of benzene rings is 1. The van der Waals surface area contributed by atoms with Gasteiger partial charge < -0.3 is 5.11 Å². The number of hydrogen-bond acceptors (Lipinski definition) is 2. The normalized spacial score (nSPS) is 9.93. The van der Waals surface area contributed by atoms with Crippen LogP contribution in [0.5, 0.6) is 0 Å². The molecule has 3 nitrogen and oxygen atoms in total. The molecule has 0 bridgehead atoms. The number of carboxylic acids is 1. The molecule has 1 N–H and O–H groups in total. The number of carbonyl (C=O) groups is 2. The van der Waals surface area contributed by atoms with Crippen LogP contribution >= 0.6 is 0 Å². The molecule has 0 heterocycles. The highest BCUT2D eigenvalue weighted by Crippen LogP contribution is 2.07. The maximum absolute atomic E-state index is 11.3. The van der Waals surface area contributed by atoms with Crippen LogP contribution < -0.4 is 0 Å². The predicted octanol–water partition coefficient (Wildman–Crippen LogP) is 2.30. The van der Waals surface area contributed by atoms with Crippen molar-refractivity contribution in [2.75, 3.05) is 0 Å². The molecule has 0 fully saturated rings. The molecular formula is C12H14O3. The molecule has 1 aromatic carbocycles. The standard InChI is InChI=1S/C12H14O3/c1-2-3-11(13)8-9-4-6-10(7-5-9)12(14)15/h4-7H,2-3,8H2,1H3,(H,14,15). The third-order valence-electron chi connectivity index (χ3n) is 2.13. The van der Waals surface area contributed by atoms with Crippen LogP contribution in [-0.2, 0) is 11.2 Å². The van der Waals surface area contributed by atoms with E-state index in [1.807, 2.05) is 6.92 Å². The van der Waals surface area contributed by atoms with Crippen molar-refractivity contribution in [2.45, 2.75) is 26.2 Å². The average Bonchev–Trinajstić information content (AvgIpc) is 2.18. The minimum atomic E-state index is -0.943. The van der Waals surface area contributed by atoms with E-state index in [-0.39, 0.29) is 11.3 Å². The van der Waals surface area contributed by atoms with Gasteiger partial charge >= 0.3 is 5.97 Å². The summed E-state index contributed by atoms with van der Waals surface area (Å²) in [4.78, 5) is 21.9. The van der Waals surface area contributed by atoms with Gasteiger partial charge in [-0.25, -0.2) is 4.79 Å². The lowest BCUT2D eigenvalue weighted by Gasteiger charge is -2.00. The van der Waals surface area contributed by atoms with Gasteiger partial charge in [0, 0.05) is 12.8 Å². The fourth-order valence-electron chi connectivity index (χ4n) is 1.36. The Hall–Kier alpha value is -1.64. The number of carboxylic acid groups (broad SMARTS) is 1. The maximum Gasteiger partial charge on any atom is 0.335 e. The van der Waals surface area contributed by atoms with Gasteiger partial charge in [-0.3, -0.25) is 4.79 Å². The second-order valence-corrected chi connectivity index (χ2v) is 3.47. The van der Waals surface area contributed by atoms with Crippen LogP contribution in [0.15, 0.2) is 24.3 Å². The number of Topliss-reactive ketones (excluding diaryl/α,β-unsaturated/α-hetero) is 1. The average molecular weight is 206 g/mol. The van der Waals surface area contributed by atoms with Crippen molar-refractivity contribution in [2.24, 2.45) is 0 Å². The van der Waals surface area contributed by atoms with Gasteiger partial charge in [0.05, 0.1) is 5.56 Å². The number of hydrogen-bond donors (Lipinski definition) is 1. The highest BCUT2D eigenvalue weighted by Gasteiger charge is 2.04. The lowest BCUT2D eigenvalue weighted by Crippen LogP contribution is -2.02. The van der Waals surface area contributed by atoms with Crippen molar-refractivity contribution in [3.8, 4) is 0 Å². The zero-order valence-electron chi connectivity index (χ0n) is 8.69. The largest absolute Gasteiger partial charge is 0.478 e. The Bertz CT molecular complexity index is 352. The van der Waals surface area contributed by atoms with Crippen LogP contribution in [0.1, 0.15) is 35.7 Å². The second-order valence-electron chi connectivity index (χ2n) is 3.47. The molecule has 0 aliphatic carbocycles. The van der Waals surface area contributed by atoms with Crippen molar-refractivity contribution in [3.63, 3.8) is 0 Å². The van der Waals surface area contributed by atoms with Gasteiger partial charge in [0.2, 0.25) is 0 Å². The van der Waals surface area contributed by atoms with Crippen molar-refractivity contribution in [1.82, 2.24) is 0 Å². The van der Waals surface area contributed by atoms with Crippen molar-refractivity contribution < 1.29 is 14.7 Å². The van der Waals surface area contributed by atoms with Gasteiger partial charge in [0.1, 0.15) is 5.78 Å². The predicted molar refractivity (Wildman–Crippen MR) is 57.0 cm³/mol. The summed E-state index contributed by atoms with van der Waals surface area (Å²) >= 11 is 0. The van der Waals surface area contributed by atoms with Crippen LogP contribution in [-0.4, -0.2) is 16.9 Å². The topological polar surface area (TPSA) is 54.4 Å². The Morgan fingerprint density at radius 2 is 1.80 bits per heavy atom. The van der Waals surface area contributed by atoms with Gasteiger partial charge in [-0.1, -0.05) is 19.1 Å². The summed E-state index contributed by atoms with van der Waals surface area (Å²) in [5.74, 6) is -0.748. The zero-order valence-corrected chi connectivity index (χ0v) is 8.69. The minimum absolute atomic E-state index is 0.195. The first kappa shape index (κ1) is 11.4. The Balaban J connectivity index is 2.64. The van der Waals surface area contributed by atoms with E-state index in [4.69, 9.17) is 5.11 Å². The van der Waals surface area contributed by atoms with Crippen molar-refractivity contribution >= 4 is 11.8 Å². The van der Waals surface area contributed by atoms with Crippen LogP contribution in [0.4, 0.5) is 0 Å². The highest BCUT2D eigenvalue weighted by molar-refractivity contribution is 5.88. The molecule has 1 rings (SSSR count). The monoisotopic (exact) mass is 206 g/mol. The quantitative estimate of drug-likeness (QED) is 0.804. The van der Waals surface area contributed by atoms with Gasteiger partial charge in [-0.15, -0.1) is 0 Å². The molecule has 0 aromatic heterocycles. The molecule has 3 heteroatoms. The summed E-state index contributed by atoms with van der Waals surface area (Å²) in [5, 5.41) is 8.67. The van der Waals surface area contributed by atoms with E-state index in [1.165, 1.54) is 12.1 Å². The number of carbonyl (C=O) groups excluding carboxylic acids is 1. The van der Waals surface area contributed by atoms with E-state index in [0.717, 1.165) is 12.0 Å². The lowest BCUT2D eigenvalue weighted by molar-refractivity contribution is -0.118. The van der Waals surface area contributed by atoms with E-state index < -0.39 is 5.97 Å².